The molecule has 54 valence electrons. The van der Waals surface area contributed by atoms with E-state index in [2.05, 4.69) is 0 Å². The predicted molar refractivity (Wildman–Crippen MR) is 34.1 cm³/mol. The molecule has 0 aromatic heterocycles. The molecular formula is C7H9NO2. The van der Waals surface area contributed by atoms with Gasteiger partial charge in [0.05, 0.1) is 6.07 Å². The molecule has 1 aliphatic carbocycles. The molecule has 3 nitrogen and oxygen atoms in total. The Morgan fingerprint density at radius 3 is 2.70 bits per heavy atom. The van der Waals surface area contributed by atoms with Gasteiger partial charge in [-0.3, -0.25) is 4.79 Å². The summed E-state index contributed by atoms with van der Waals surface area (Å²) in [4.78, 5) is 10.3. The van der Waals surface area contributed by atoms with Crippen LogP contribution in [0.2, 0.25) is 0 Å². The van der Waals surface area contributed by atoms with E-state index in [-0.39, 0.29) is 0 Å². The van der Waals surface area contributed by atoms with E-state index in [9.17, 15) is 4.79 Å². The molecule has 0 aliphatic heterocycles. The zero-order valence-electron chi connectivity index (χ0n) is 5.58. The van der Waals surface area contributed by atoms with Gasteiger partial charge >= 0.3 is 5.97 Å². The number of nitriles is 1. The van der Waals surface area contributed by atoms with Crippen molar-refractivity contribution in [1.29, 1.82) is 5.26 Å². The lowest BCUT2D eigenvalue weighted by Crippen LogP contribution is -2.11. The van der Waals surface area contributed by atoms with Gasteiger partial charge in [0.1, 0.15) is 5.92 Å². The van der Waals surface area contributed by atoms with Crippen LogP contribution in [0.1, 0.15) is 19.3 Å². The number of rotatable bonds is 3. The minimum Gasteiger partial charge on any atom is -0.480 e. The predicted octanol–water partition coefficient (Wildman–Crippen LogP) is 1.01. The molecule has 0 aromatic rings. The third-order valence-electron chi connectivity index (χ3n) is 1.72. The zero-order chi connectivity index (χ0) is 7.56. The Morgan fingerprint density at radius 2 is 2.40 bits per heavy atom. The molecule has 1 saturated carbocycles. The van der Waals surface area contributed by atoms with Crippen molar-refractivity contribution >= 4 is 5.97 Å². The van der Waals surface area contributed by atoms with E-state index in [0.717, 1.165) is 12.8 Å². The van der Waals surface area contributed by atoms with E-state index in [1.165, 1.54) is 0 Å². The van der Waals surface area contributed by atoms with Crippen molar-refractivity contribution in [2.24, 2.45) is 11.8 Å². The van der Waals surface area contributed by atoms with Gasteiger partial charge in [0.15, 0.2) is 0 Å². The standard InChI is InChI=1S/C7H9NO2/c8-4-6(7(9)10)3-5-1-2-5/h5-6H,1-3H2,(H,9,10)/t6-/m1/s1. The van der Waals surface area contributed by atoms with E-state index in [1.807, 2.05) is 0 Å². The lowest BCUT2D eigenvalue weighted by atomic mass is 10.1. The third kappa shape index (κ3) is 1.73. The molecule has 0 radical (unpaired) electrons. The molecule has 0 heterocycles. The molecule has 0 aromatic carbocycles. The summed E-state index contributed by atoms with van der Waals surface area (Å²) >= 11 is 0. The van der Waals surface area contributed by atoms with Crippen LogP contribution < -0.4 is 0 Å². The number of carboxylic acids is 1. The largest absolute Gasteiger partial charge is 0.480 e. The highest BCUT2D eigenvalue weighted by molar-refractivity contribution is 5.72. The summed E-state index contributed by atoms with van der Waals surface area (Å²) in [6.45, 7) is 0. The average molecular weight is 139 g/mol. The highest BCUT2D eigenvalue weighted by Gasteiger charge is 2.28. The number of hydrogen-bond acceptors (Lipinski definition) is 2. The Morgan fingerprint density at radius 1 is 1.80 bits per heavy atom. The van der Waals surface area contributed by atoms with Crippen molar-refractivity contribution in [2.45, 2.75) is 19.3 Å². The van der Waals surface area contributed by atoms with Crippen LogP contribution in [0.5, 0.6) is 0 Å². The molecule has 0 amide bonds. The number of carboxylic acid groups (broad SMARTS) is 1. The molecule has 1 atom stereocenters. The van der Waals surface area contributed by atoms with Gasteiger partial charge in [-0.25, -0.2) is 0 Å². The van der Waals surface area contributed by atoms with E-state index < -0.39 is 11.9 Å². The van der Waals surface area contributed by atoms with Crippen LogP contribution >= 0.6 is 0 Å². The van der Waals surface area contributed by atoms with Gasteiger partial charge in [-0.1, -0.05) is 12.8 Å². The van der Waals surface area contributed by atoms with Crippen molar-refractivity contribution in [1.82, 2.24) is 0 Å². The first-order valence-corrected chi connectivity index (χ1v) is 3.36. The number of carbonyl (C=O) groups is 1. The third-order valence-corrected chi connectivity index (χ3v) is 1.72. The smallest absolute Gasteiger partial charge is 0.320 e. The first kappa shape index (κ1) is 7.07. The van der Waals surface area contributed by atoms with Gasteiger partial charge in [0, 0.05) is 0 Å². The molecule has 0 saturated heterocycles. The maximum Gasteiger partial charge on any atom is 0.320 e. The fourth-order valence-electron chi connectivity index (χ4n) is 0.896. The Hall–Kier alpha value is -1.04. The van der Waals surface area contributed by atoms with Crippen LogP contribution in [0.25, 0.3) is 0 Å². The minimum atomic E-state index is -0.977. The number of aliphatic carboxylic acids is 1. The minimum absolute atomic E-state index is 0.515. The van der Waals surface area contributed by atoms with Gasteiger partial charge in [-0.15, -0.1) is 0 Å². The second-order valence-corrected chi connectivity index (χ2v) is 2.70. The molecule has 1 rings (SSSR count). The van der Waals surface area contributed by atoms with Gasteiger partial charge in [0.2, 0.25) is 0 Å². The highest BCUT2D eigenvalue weighted by Crippen LogP contribution is 2.35. The molecule has 1 aliphatic rings. The summed E-state index contributed by atoms with van der Waals surface area (Å²) in [7, 11) is 0. The second-order valence-electron chi connectivity index (χ2n) is 2.70. The molecule has 1 fully saturated rings. The Kier molecular flexibility index (Phi) is 1.91. The maximum absolute atomic E-state index is 10.3. The zero-order valence-corrected chi connectivity index (χ0v) is 5.58. The molecule has 0 bridgehead atoms. The fraction of sp³-hybridized carbons (Fsp3) is 0.714. The molecular weight excluding hydrogens is 130 g/mol. The first-order chi connectivity index (χ1) is 4.74. The second kappa shape index (κ2) is 2.70. The number of nitrogens with zero attached hydrogens (tertiary/aromatic N) is 1. The number of hydrogen-bond donors (Lipinski definition) is 1. The SMILES string of the molecule is N#C[C@@H](CC1CC1)C(=O)O. The van der Waals surface area contributed by atoms with Crippen molar-refractivity contribution < 1.29 is 9.90 Å². The van der Waals surface area contributed by atoms with Crippen LogP contribution in [0.15, 0.2) is 0 Å². The van der Waals surface area contributed by atoms with Crippen molar-refractivity contribution in [3.63, 3.8) is 0 Å². The molecule has 0 unspecified atom stereocenters. The summed E-state index contributed by atoms with van der Waals surface area (Å²) in [5, 5.41) is 16.8. The summed E-state index contributed by atoms with van der Waals surface area (Å²) in [6.07, 6.45) is 2.75. The summed E-state index contributed by atoms with van der Waals surface area (Å²) in [5.74, 6) is -1.23. The van der Waals surface area contributed by atoms with E-state index in [0.29, 0.717) is 12.3 Å². The summed E-state index contributed by atoms with van der Waals surface area (Å²) in [5.41, 5.74) is 0. The van der Waals surface area contributed by atoms with Crippen LogP contribution in [-0.2, 0) is 4.79 Å². The van der Waals surface area contributed by atoms with E-state index in [1.54, 1.807) is 6.07 Å². The molecule has 3 heteroatoms. The lowest BCUT2D eigenvalue weighted by molar-refractivity contribution is -0.140. The molecule has 1 N–H and O–H groups in total. The van der Waals surface area contributed by atoms with Gasteiger partial charge < -0.3 is 5.11 Å². The van der Waals surface area contributed by atoms with Crippen molar-refractivity contribution in [3.8, 4) is 6.07 Å². The van der Waals surface area contributed by atoms with Gasteiger partial charge in [0.25, 0.3) is 0 Å². The maximum atomic E-state index is 10.3. The van der Waals surface area contributed by atoms with Gasteiger partial charge in [-0.05, 0) is 12.3 Å². The quantitative estimate of drug-likeness (QED) is 0.634. The van der Waals surface area contributed by atoms with Gasteiger partial charge in [-0.2, -0.15) is 5.26 Å². The first-order valence-electron chi connectivity index (χ1n) is 3.36. The fourth-order valence-corrected chi connectivity index (χ4v) is 0.896. The Labute approximate surface area is 59.3 Å². The van der Waals surface area contributed by atoms with Crippen LogP contribution in [0.4, 0.5) is 0 Å². The monoisotopic (exact) mass is 139 g/mol. The Bertz CT molecular complexity index is 179. The normalized spacial score (nSPS) is 19.5. The average Bonchev–Trinajstić information content (AvgIpc) is 2.64. The summed E-state index contributed by atoms with van der Waals surface area (Å²) < 4.78 is 0. The lowest BCUT2D eigenvalue weighted by Gasteiger charge is -1.98. The van der Waals surface area contributed by atoms with Crippen molar-refractivity contribution in [2.75, 3.05) is 0 Å². The van der Waals surface area contributed by atoms with E-state index >= 15 is 0 Å². The molecule has 0 spiro atoms. The van der Waals surface area contributed by atoms with Crippen LogP contribution in [0, 0.1) is 23.2 Å². The van der Waals surface area contributed by atoms with E-state index in [4.69, 9.17) is 10.4 Å². The van der Waals surface area contributed by atoms with Crippen molar-refractivity contribution in [3.05, 3.63) is 0 Å². The summed E-state index contributed by atoms with van der Waals surface area (Å²) in [6, 6.07) is 1.77. The molecule has 10 heavy (non-hydrogen) atoms. The highest BCUT2D eigenvalue weighted by atomic mass is 16.4. The Balaban J connectivity index is 2.33. The van der Waals surface area contributed by atoms with Crippen LogP contribution in [-0.4, -0.2) is 11.1 Å². The van der Waals surface area contributed by atoms with Crippen LogP contribution in [0.3, 0.4) is 0 Å². The topological polar surface area (TPSA) is 61.1 Å².